The lowest BCUT2D eigenvalue weighted by Gasteiger charge is -2.24. The van der Waals surface area contributed by atoms with Crippen LogP contribution in [0.15, 0.2) is 0 Å². The van der Waals surface area contributed by atoms with Gasteiger partial charge in [-0.05, 0) is 12.8 Å². The van der Waals surface area contributed by atoms with Crippen LogP contribution in [0.1, 0.15) is 40.5 Å². The van der Waals surface area contributed by atoms with Gasteiger partial charge in [-0.15, -0.1) is 0 Å². The topological polar surface area (TPSA) is 128 Å². The number of esters is 1. The van der Waals surface area contributed by atoms with Crippen LogP contribution in [0.5, 0.6) is 0 Å². The lowest BCUT2D eigenvalue weighted by molar-refractivity contribution is -0.178. The molecule has 0 rings (SSSR count). The number of carbonyl (C=O) groups is 3. The van der Waals surface area contributed by atoms with Crippen molar-refractivity contribution in [1.82, 2.24) is 5.32 Å². The van der Waals surface area contributed by atoms with Gasteiger partial charge in [0.25, 0.3) is 12.7 Å². The summed E-state index contributed by atoms with van der Waals surface area (Å²) in [5.74, 6) is -3.03. The third-order valence-corrected chi connectivity index (χ3v) is 3.30. The highest BCUT2D eigenvalue weighted by Gasteiger charge is 2.43. The molecule has 0 aromatic rings. The van der Waals surface area contributed by atoms with Crippen LogP contribution in [0.3, 0.4) is 0 Å². The fourth-order valence-electron chi connectivity index (χ4n) is 1.57. The molecule has 0 aliphatic rings. The van der Waals surface area contributed by atoms with Gasteiger partial charge in [-0.1, -0.05) is 27.7 Å². The number of aliphatic carboxylic acids is 1. The molecular formula is C15H26F2N2O6. The molecule has 2 atom stereocenters. The van der Waals surface area contributed by atoms with E-state index in [9.17, 15) is 23.2 Å². The first kappa shape index (κ1) is 23.0. The molecule has 0 aromatic heterocycles. The van der Waals surface area contributed by atoms with Gasteiger partial charge in [0, 0.05) is 12.5 Å². The van der Waals surface area contributed by atoms with Gasteiger partial charge in [-0.25, -0.2) is 18.4 Å². The Labute approximate surface area is 145 Å². The molecule has 0 aliphatic heterocycles. The number of amides is 1. The highest BCUT2D eigenvalue weighted by Crippen LogP contribution is 2.19. The standard InChI is InChI=1S/C15H26F2N2O6/c1-8(2)10(20)24-11(9(3)4)25-14(23)19-7-5-6-15(18,12(16)17)13(21)22/h8-9,11-12H,5-7,18H2,1-4H3,(H,19,23)(H,21,22). The molecule has 0 aliphatic carbocycles. The minimum Gasteiger partial charge on any atom is -0.480 e. The number of carboxylic acid groups (broad SMARTS) is 1. The molecule has 0 heterocycles. The molecule has 0 saturated carbocycles. The molecule has 1 amide bonds. The van der Waals surface area contributed by atoms with E-state index in [4.69, 9.17) is 20.3 Å². The van der Waals surface area contributed by atoms with Crippen molar-refractivity contribution in [3.8, 4) is 0 Å². The van der Waals surface area contributed by atoms with Gasteiger partial charge in [0.1, 0.15) is 0 Å². The normalized spacial score (nSPS) is 15.0. The summed E-state index contributed by atoms with van der Waals surface area (Å²) < 4.78 is 35.4. The highest BCUT2D eigenvalue weighted by molar-refractivity contribution is 5.79. The summed E-state index contributed by atoms with van der Waals surface area (Å²) in [6, 6.07) is 0. The average molecular weight is 368 g/mol. The Kier molecular flexibility index (Phi) is 9.32. The molecule has 4 N–H and O–H groups in total. The van der Waals surface area contributed by atoms with E-state index in [0.717, 1.165) is 0 Å². The molecule has 0 bridgehead atoms. The fraction of sp³-hybridized carbons (Fsp3) is 0.800. The summed E-state index contributed by atoms with van der Waals surface area (Å²) in [7, 11) is 0. The predicted octanol–water partition coefficient (Wildman–Crippen LogP) is 1.72. The van der Waals surface area contributed by atoms with E-state index in [2.05, 4.69) is 5.32 Å². The Morgan fingerprint density at radius 3 is 2.12 bits per heavy atom. The molecule has 0 aromatic carbocycles. The van der Waals surface area contributed by atoms with Gasteiger partial charge in [-0.3, -0.25) is 4.79 Å². The maximum atomic E-state index is 12.7. The number of hydrogen-bond acceptors (Lipinski definition) is 6. The van der Waals surface area contributed by atoms with Crippen molar-refractivity contribution in [1.29, 1.82) is 0 Å². The van der Waals surface area contributed by atoms with Gasteiger partial charge in [0.15, 0.2) is 5.54 Å². The van der Waals surface area contributed by atoms with E-state index in [1.807, 2.05) is 0 Å². The van der Waals surface area contributed by atoms with E-state index in [-0.39, 0.29) is 18.9 Å². The second-order valence-electron chi connectivity index (χ2n) is 6.29. The lowest BCUT2D eigenvalue weighted by atomic mass is 9.95. The van der Waals surface area contributed by atoms with Crippen LogP contribution in [-0.2, 0) is 19.1 Å². The van der Waals surface area contributed by atoms with Crippen molar-refractivity contribution in [3.63, 3.8) is 0 Å². The number of alkyl carbamates (subject to hydrolysis) is 1. The lowest BCUT2D eigenvalue weighted by Crippen LogP contribution is -2.54. The third kappa shape index (κ3) is 7.63. The first-order valence-electron chi connectivity index (χ1n) is 7.87. The van der Waals surface area contributed by atoms with Crippen molar-refractivity contribution in [2.75, 3.05) is 6.54 Å². The Morgan fingerprint density at radius 1 is 1.16 bits per heavy atom. The summed E-state index contributed by atoms with van der Waals surface area (Å²) in [5.41, 5.74) is 2.49. The summed E-state index contributed by atoms with van der Waals surface area (Å²) >= 11 is 0. The number of carboxylic acids is 1. The van der Waals surface area contributed by atoms with Gasteiger partial charge < -0.3 is 25.6 Å². The number of alkyl halides is 2. The number of nitrogens with one attached hydrogen (secondary N) is 1. The van der Waals surface area contributed by atoms with Crippen LogP contribution in [0.4, 0.5) is 13.6 Å². The quantitative estimate of drug-likeness (QED) is 0.304. The smallest absolute Gasteiger partial charge is 0.410 e. The van der Waals surface area contributed by atoms with Gasteiger partial charge in [0.05, 0.1) is 5.92 Å². The molecular weight excluding hydrogens is 342 g/mol. The van der Waals surface area contributed by atoms with E-state index in [1.54, 1.807) is 27.7 Å². The zero-order chi connectivity index (χ0) is 19.8. The zero-order valence-corrected chi connectivity index (χ0v) is 14.8. The molecule has 2 unspecified atom stereocenters. The monoisotopic (exact) mass is 368 g/mol. The van der Waals surface area contributed by atoms with Crippen LogP contribution < -0.4 is 11.1 Å². The van der Waals surface area contributed by atoms with Crippen LogP contribution in [0, 0.1) is 11.8 Å². The first-order valence-corrected chi connectivity index (χ1v) is 7.87. The fourth-order valence-corrected chi connectivity index (χ4v) is 1.57. The average Bonchev–Trinajstić information content (AvgIpc) is 2.49. The van der Waals surface area contributed by atoms with Crippen molar-refractivity contribution >= 4 is 18.0 Å². The van der Waals surface area contributed by atoms with Crippen LogP contribution in [0.2, 0.25) is 0 Å². The second kappa shape index (κ2) is 10.1. The Morgan fingerprint density at radius 2 is 1.72 bits per heavy atom. The van der Waals surface area contributed by atoms with E-state index in [1.165, 1.54) is 0 Å². The summed E-state index contributed by atoms with van der Waals surface area (Å²) in [6.45, 7) is 6.50. The van der Waals surface area contributed by atoms with Crippen molar-refractivity contribution < 1.29 is 37.7 Å². The maximum Gasteiger partial charge on any atom is 0.410 e. The van der Waals surface area contributed by atoms with Gasteiger partial charge in [-0.2, -0.15) is 0 Å². The van der Waals surface area contributed by atoms with Crippen molar-refractivity contribution in [3.05, 3.63) is 0 Å². The number of carbonyl (C=O) groups excluding carboxylic acids is 2. The minimum atomic E-state index is -3.24. The van der Waals surface area contributed by atoms with Crippen LogP contribution >= 0.6 is 0 Å². The van der Waals surface area contributed by atoms with E-state index >= 15 is 0 Å². The highest BCUT2D eigenvalue weighted by atomic mass is 19.3. The van der Waals surface area contributed by atoms with E-state index < -0.39 is 48.6 Å². The second-order valence-corrected chi connectivity index (χ2v) is 6.29. The number of ether oxygens (including phenoxy) is 2. The van der Waals surface area contributed by atoms with Gasteiger partial charge in [0.2, 0.25) is 0 Å². The number of nitrogens with two attached hydrogens (primary N) is 1. The Balaban J connectivity index is 4.41. The Bertz CT molecular complexity index is 473. The zero-order valence-electron chi connectivity index (χ0n) is 14.8. The van der Waals surface area contributed by atoms with Crippen molar-refractivity contribution in [2.24, 2.45) is 17.6 Å². The molecule has 146 valence electrons. The largest absolute Gasteiger partial charge is 0.480 e. The van der Waals surface area contributed by atoms with Crippen LogP contribution in [-0.4, -0.2) is 47.9 Å². The first-order chi connectivity index (χ1) is 11.4. The van der Waals surface area contributed by atoms with Crippen molar-refractivity contribution in [2.45, 2.75) is 58.8 Å². The number of halogens is 2. The number of rotatable bonds is 10. The Hall–Kier alpha value is -1.97. The molecule has 8 nitrogen and oxygen atoms in total. The maximum absolute atomic E-state index is 12.7. The van der Waals surface area contributed by atoms with E-state index in [0.29, 0.717) is 0 Å². The third-order valence-electron chi connectivity index (χ3n) is 3.30. The summed E-state index contributed by atoms with van der Waals surface area (Å²) in [4.78, 5) is 34.0. The van der Waals surface area contributed by atoms with Gasteiger partial charge >= 0.3 is 18.0 Å². The summed E-state index contributed by atoms with van der Waals surface area (Å²) in [6.07, 6.45) is -5.87. The molecule has 10 heteroatoms. The molecule has 0 saturated heterocycles. The predicted molar refractivity (Wildman–Crippen MR) is 83.8 cm³/mol. The number of hydrogen-bond donors (Lipinski definition) is 3. The molecule has 0 spiro atoms. The molecule has 0 radical (unpaired) electrons. The molecule has 0 fully saturated rings. The van der Waals surface area contributed by atoms with Crippen LogP contribution in [0.25, 0.3) is 0 Å². The molecule has 25 heavy (non-hydrogen) atoms. The summed E-state index contributed by atoms with van der Waals surface area (Å²) in [5, 5.41) is 11.0. The SMILES string of the molecule is CC(C)C(=O)OC(OC(=O)NCCCC(N)(C(=O)O)C(F)F)C(C)C. The minimum absolute atomic E-state index is 0.0969.